The zero-order chi connectivity index (χ0) is 15.8. The summed E-state index contributed by atoms with van der Waals surface area (Å²) in [5, 5.41) is 16.1. The second kappa shape index (κ2) is 8.13. The van der Waals surface area contributed by atoms with Gasteiger partial charge in [0, 0.05) is 25.5 Å². The Kier molecular flexibility index (Phi) is 6.19. The monoisotopic (exact) mass is 305 g/mol. The predicted octanol–water partition coefficient (Wildman–Crippen LogP) is 2.25. The van der Waals surface area contributed by atoms with Crippen LogP contribution in [0.5, 0.6) is 0 Å². The molecule has 2 amide bonds. The molecule has 1 aliphatic rings. The molecule has 1 aromatic heterocycles. The molecule has 22 heavy (non-hydrogen) atoms. The van der Waals surface area contributed by atoms with Crippen molar-refractivity contribution >= 4 is 6.03 Å². The fourth-order valence-corrected chi connectivity index (χ4v) is 3.06. The fourth-order valence-electron chi connectivity index (χ4n) is 3.06. The minimum atomic E-state index is -0.818. The Bertz CT molecular complexity index is 456. The number of nitrogens with one attached hydrogen (secondary N) is 2. The molecule has 2 rings (SSSR count). The van der Waals surface area contributed by atoms with Gasteiger partial charge in [-0.25, -0.2) is 4.79 Å². The van der Waals surface area contributed by atoms with Crippen LogP contribution in [0, 0.1) is 5.92 Å². The molecule has 3 N–H and O–H groups in total. The molecule has 1 heterocycles. The van der Waals surface area contributed by atoms with Crippen molar-refractivity contribution in [3.63, 3.8) is 0 Å². The molecule has 0 bridgehead atoms. The molecule has 1 saturated carbocycles. The Balaban J connectivity index is 1.66. The van der Waals surface area contributed by atoms with E-state index in [0.29, 0.717) is 13.1 Å². The van der Waals surface area contributed by atoms with Gasteiger partial charge in [-0.15, -0.1) is 0 Å². The van der Waals surface area contributed by atoms with Crippen LogP contribution < -0.4 is 10.6 Å². The quantitative estimate of drug-likeness (QED) is 0.754. The Morgan fingerprint density at radius 2 is 2.14 bits per heavy atom. The van der Waals surface area contributed by atoms with Crippen LogP contribution in [-0.2, 0) is 6.42 Å². The number of carbonyl (C=O) groups is 1. The van der Waals surface area contributed by atoms with E-state index < -0.39 is 5.60 Å². The summed E-state index contributed by atoms with van der Waals surface area (Å²) in [5.74, 6) is 0.289. The molecule has 0 saturated heterocycles. The van der Waals surface area contributed by atoms with Gasteiger partial charge >= 0.3 is 6.03 Å². The van der Waals surface area contributed by atoms with Crippen LogP contribution in [0.2, 0.25) is 0 Å². The van der Waals surface area contributed by atoms with Gasteiger partial charge in [0.05, 0.1) is 5.60 Å². The average Bonchev–Trinajstić information content (AvgIpc) is 2.55. The third-order valence-corrected chi connectivity index (χ3v) is 4.51. The van der Waals surface area contributed by atoms with E-state index in [0.717, 1.165) is 24.8 Å². The molecule has 0 radical (unpaired) electrons. The van der Waals surface area contributed by atoms with Crippen LogP contribution in [0.15, 0.2) is 24.5 Å². The molecule has 1 fully saturated rings. The van der Waals surface area contributed by atoms with Crippen LogP contribution in [0.4, 0.5) is 4.79 Å². The standard InChI is InChI=1S/C17H27N3O2/c1-17(22,15-7-3-2-4-8-15)13-20-16(21)19-11-9-14-6-5-10-18-12-14/h5-6,10,12,15,22H,2-4,7-9,11,13H2,1H3,(H2,19,20,21). The second-order valence-electron chi connectivity index (χ2n) is 6.41. The molecular weight excluding hydrogens is 278 g/mol. The van der Waals surface area contributed by atoms with E-state index in [1.54, 1.807) is 12.4 Å². The van der Waals surface area contributed by atoms with Gasteiger partial charge in [-0.3, -0.25) is 4.98 Å². The van der Waals surface area contributed by atoms with E-state index >= 15 is 0 Å². The number of aromatic nitrogens is 1. The summed E-state index contributed by atoms with van der Waals surface area (Å²) in [5.41, 5.74) is 0.276. The van der Waals surface area contributed by atoms with Gasteiger partial charge in [0.2, 0.25) is 0 Å². The zero-order valence-electron chi connectivity index (χ0n) is 13.3. The van der Waals surface area contributed by atoms with Crippen molar-refractivity contribution in [1.82, 2.24) is 15.6 Å². The molecule has 122 valence electrons. The lowest BCUT2D eigenvalue weighted by atomic mass is 9.78. The highest BCUT2D eigenvalue weighted by molar-refractivity contribution is 5.73. The average molecular weight is 305 g/mol. The van der Waals surface area contributed by atoms with Crippen molar-refractivity contribution in [2.75, 3.05) is 13.1 Å². The number of rotatable bonds is 6. The Labute approximate surface area is 132 Å². The second-order valence-corrected chi connectivity index (χ2v) is 6.41. The molecule has 0 spiro atoms. The van der Waals surface area contributed by atoms with Crippen molar-refractivity contribution in [2.45, 2.75) is 51.0 Å². The summed E-state index contributed by atoms with van der Waals surface area (Å²) in [6, 6.07) is 3.65. The largest absolute Gasteiger partial charge is 0.388 e. The SMILES string of the molecule is CC(O)(CNC(=O)NCCc1cccnc1)C1CCCCC1. The van der Waals surface area contributed by atoms with E-state index in [1.807, 2.05) is 19.1 Å². The van der Waals surface area contributed by atoms with Gasteiger partial charge in [0.25, 0.3) is 0 Å². The van der Waals surface area contributed by atoms with E-state index in [9.17, 15) is 9.90 Å². The number of aliphatic hydroxyl groups is 1. The molecular formula is C17H27N3O2. The van der Waals surface area contributed by atoms with Gasteiger partial charge in [-0.1, -0.05) is 25.3 Å². The summed E-state index contributed by atoms with van der Waals surface area (Å²) in [7, 11) is 0. The first-order valence-corrected chi connectivity index (χ1v) is 8.21. The van der Waals surface area contributed by atoms with Gasteiger partial charge in [0.15, 0.2) is 0 Å². The molecule has 1 unspecified atom stereocenters. The summed E-state index contributed by atoms with van der Waals surface area (Å²) in [4.78, 5) is 15.9. The van der Waals surface area contributed by atoms with Gasteiger partial charge in [-0.05, 0) is 43.7 Å². The van der Waals surface area contributed by atoms with E-state index in [-0.39, 0.29) is 11.9 Å². The summed E-state index contributed by atoms with van der Waals surface area (Å²) in [6.07, 6.45) is 10.0. The van der Waals surface area contributed by atoms with E-state index in [1.165, 1.54) is 19.3 Å². The maximum absolute atomic E-state index is 11.8. The highest BCUT2D eigenvalue weighted by Crippen LogP contribution is 2.32. The number of hydrogen-bond donors (Lipinski definition) is 3. The molecule has 1 atom stereocenters. The third kappa shape index (κ3) is 5.30. The minimum Gasteiger partial charge on any atom is -0.388 e. The Morgan fingerprint density at radius 3 is 2.82 bits per heavy atom. The summed E-state index contributed by atoms with van der Waals surface area (Å²) >= 11 is 0. The van der Waals surface area contributed by atoms with Gasteiger partial charge in [-0.2, -0.15) is 0 Å². The van der Waals surface area contributed by atoms with Crippen molar-refractivity contribution in [1.29, 1.82) is 0 Å². The van der Waals surface area contributed by atoms with E-state index in [4.69, 9.17) is 0 Å². The Hall–Kier alpha value is -1.62. The van der Waals surface area contributed by atoms with Gasteiger partial charge in [0.1, 0.15) is 0 Å². The van der Waals surface area contributed by atoms with Crippen LogP contribution in [0.3, 0.4) is 0 Å². The normalized spacial score (nSPS) is 18.5. The molecule has 5 nitrogen and oxygen atoms in total. The van der Waals surface area contributed by atoms with Crippen LogP contribution >= 0.6 is 0 Å². The van der Waals surface area contributed by atoms with Crippen LogP contribution in [0.1, 0.15) is 44.6 Å². The lowest BCUT2D eigenvalue weighted by Crippen LogP contribution is -2.49. The van der Waals surface area contributed by atoms with Crippen LogP contribution in [-0.4, -0.2) is 34.8 Å². The Morgan fingerprint density at radius 1 is 1.36 bits per heavy atom. The highest BCUT2D eigenvalue weighted by Gasteiger charge is 2.32. The first kappa shape index (κ1) is 16.7. The lowest BCUT2D eigenvalue weighted by Gasteiger charge is -2.35. The fraction of sp³-hybridized carbons (Fsp3) is 0.647. The number of nitrogens with zero attached hydrogens (tertiary/aromatic N) is 1. The molecule has 0 aromatic carbocycles. The number of pyridine rings is 1. The zero-order valence-corrected chi connectivity index (χ0v) is 13.3. The maximum atomic E-state index is 11.8. The van der Waals surface area contributed by atoms with Gasteiger partial charge < -0.3 is 15.7 Å². The smallest absolute Gasteiger partial charge is 0.314 e. The summed E-state index contributed by atoms with van der Waals surface area (Å²) in [6.45, 7) is 2.69. The highest BCUT2D eigenvalue weighted by atomic mass is 16.3. The van der Waals surface area contributed by atoms with Crippen LogP contribution in [0.25, 0.3) is 0 Å². The molecule has 1 aromatic rings. The number of amides is 2. The number of hydrogen-bond acceptors (Lipinski definition) is 3. The first-order valence-electron chi connectivity index (χ1n) is 8.21. The number of urea groups is 1. The van der Waals surface area contributed by atoms with Crippen molar-refractivity contribution in [3.05, 3.63) is 30.1 Å². The topological polar surface area (TPSA) is 74.2 Å². The maximum Gasteiger partial charge on any atom is 0.314 e. The third-order valence-electron chi connectivity index (χ3n) is 4.51. The molecule has 5 heteroatoms. The van der Waals surface area contributed by atoms with Crippen molar-refractivity contribution in [2.24, 2.45) is 5.92 Å². The number of carbonyl (C=O) groups excluding carboxylic acids is 1. The first-order chi connectivity index (χ1) is 10.6. The van der Waals surface area contributed by atoms with Crippen molar-refractivity contribution in [3.8, 4) is 0 Å². The minimum absolute atomic E-state index is 0.222. The predicted molar refractivity (Wildman–Crippen MR) is 86.5 cm³/mol. The van der Waals surface area contributed by atoms with E-state index in [2.05, 4.69) is 15.6 Å². The summed E-state index contributed by atoms with van der Waals surface area (Å²) < 4.78 is 0. The van der Waals surface area contributed by atoms with Crippen molar-refractivity contribution < 1.29 is 9.90 Å². The molecule has 1 aliphatic carbocycles. The lowest BCUT2D eigenvalue weighted by molar-refractivity contribution is -0.0130. The molecule has 0 aliphatic heterocycles.